The normalized spacial score (nSPS) is 12.8. The Morgan fingerprint density at radius 2 is 0.637 bits per heavy atom. The molecule has 0 saturated heterocycles. The Morgan fingerprint density at radius 3 is 1.01 bits per heavy atom. The van der Waals surface area contributed by atoms with Gasteiger partial charge in [-0.05, 0) is 86.8 Å². The molecule has 1 aliphatic rings. The average molecular weight is 1150 g/mol. The predicted molar refractivity (Wildman–Crippen MR) is 357 cm³/mol. The van der Waals surface area contributed by atoms with Crippen LogP contribution in [0.5, 0.6) is 0 Å². The van der Waals surface area contributed by atoms with Crippen LogP contribution in [0, 0.1) is 0 Å². The summed E-state index contributed by atoms with van der Waals surface area (Å²) in [6.07, 6.45) is 74.3. The van der Waals surface area contributed by atoms with Gasteiger partial charge in [0.15, 0.2) is 0 Å². The van der Waals surface area contributed by atoms with Crippen LogP contribution in [0.15, 0.2) is 71.8 Å². The van der Waals surface area contributed by atoms with Crippen LogP contribution >= 0.6 is 0 Å². The third kappa shape index (κ3) is 38.6. The molecule has 462 valence electrons. The van der Waals surface area contributed by atoms with Gasteiger partial charge in [0.2, 0.25) is 11.4 Å². The molecule has 0 spiro atoms. The van der Waals surface area contributed by atoms with Gasteiger partial charge in [0.1, 0.15) is 0 Å². The molecule has 3 rings (SSSR count). The molecule has 2 nitrogen and oxygen atoms in total. The number of benzene rings is 2. The van der Waals surface area contributed by atoms with E-state index in [9.17, 15) is 5.53 Å². The average Bonchev–Trinajstić information content (AvgIpc) is 3.99. The fourth-order valence-electron chi connectivity index (χ4n) is 11.8. The zero-order valence-electron chi connectivity index (χ0n) is 54.5. The van der Waals surface area contributed by atoms with Gasteiger partial charge in [-0.25, -0.2) is 4.70 Å². The van der Waals surface area contributed by atoms with Gasteiger partial charge in [-0.2, -0.15) is 0 Å². The fourth-order valence-corrected chi connectivity index (χ4v) is 13.1. The topological polar surface area (TPSA) is 25.3 Å². The summed E-state index contributed by atoms with van der Waals surface area (Å²) in [5, 5.41) is 2.87. The molecule has 0 saturated carbocycles. The summed E-state index contributed by atoms with van der Waals surface area (Å²) in [4.78, 5) is 0. The quantitative estimate of drug-likeness (QED) is 0.0358. The predicted octanol–water partition coefficient (Wildman–Crippen LogP) is 27.6. The van der Waals surface area contributed by atoms with Crippen LogP contribution in [0.3, 0.4) is 0 Å². The van der Waals surface area contributed by atoms with Crippen LogP contribution in [0.25, 0.3) is 16.9 Å². The minimum absolute atomic E-state index is 0.970. The summed E-state index contributed by atoms with van der Waals surface area (Å²) in [5.41, 5.74) is 21.9. The van der Waals surface area contributed by atoms with Crippen molar-refractivity contribution in [2.24, 2.45) is 0 Å². The Balaban J connectivity index is 0.000000642. The molecule has 1 aliphatic heterocycles. The molecule has 0 radical (unpaired) electrons. The minimum Gasteiger partial charge on any atom is -0.0654 e. The summed E-state index contributed by atoms with van der Waals surface area (Å²) >= 11 is 2.04. The zero-order valence-corrected chi connectivity index (χ0v) is 55.4. The molecule has 0 unspecified atom stereocenters. The number of nitrogens with zero attached hydrogens (tertiary/aromatic N) is 2. The number of hydrogen-bond donors (Lipinski definition) is 0. The van der Waals surface area contributed by atoms with Crippen LogP contribution in [0.1, 0.15) is 378 Å². The molecule has 0 aromatic heterocycles. The molecule has 0 N–H and O–H groups in total. The second-order valence-electron chi connectivity index (χ2n) is 24.7. The summed E-state index contributed by atoms with van der Waals surface area (Å²) in [6, 6.07) is 18.1. The number of hydrogen-bond acceptors (Lipinski definition) is 0. The molecule has 0 bridgehead atoms. The minimum atomic E-state index is 0.970. The van der Waals surface area contributed by atoms with Crippen molar-refractivity contribution in [3.05, 3.63) is 99.6 Å². The first-order valence-corrected chi connectivity index (χ1v) is 37.2. The standard InChI is InChI=1S/C49H76N2.2C14H29.Ni/c1-5-9-13-17-19-20-21-22-23-25-29-39-47-46(38-28-24-18-14-10-6-2)48(44-36-30-34-42(40-44)32-26-15-11-7-3)51(50)49(47)45-37-31-35-43(41-45)33-27-16-12-8-4;2*1-3-5-7-9-11-13-14-12-10-8-6-4-2;/h29-31,34-37,39-41H,5-28,32-33,38H2,1-4H3;2*1,3-14H2,2H3;. The number of allylic oxidation sites excluding steroid dienone is 4. The maximum absolute atomic E-state index is 12.3. The van der Waals surface area contributed by atoms with Crippen molar-refractivity contribution in [2.75, 3.05) is 0 Å². The van der Waals surface area contributed by atoms with Gasteiger partial charge in [-0.15, -0.1) is 0 Å². The molecule has 0 aliphatic carbocycles. The zero-order chi connectivity index (χ0) is 57.5. The van der Waals surface area contributed by atoms with Gasteiger partial charge >= 0.3 is 166 Å². The van der Waals surface area contributed by atoms with E-state index in [1.165, 1.54) is 328 Å². The van der Waals surface area contributed by atoms with E-state index >= 15 is 0 Å². The summed E-state index contributed by atoms with van der Waals surface area (Å²) < 4.78 is 1.58. The van der Waals surface area contributed by atoms with E-state index < -0.39 is 0 Å². The van der Waals surface area contributed by atoms with Crippen molar-refractivity contribution in [3.63, 3.8) is 0 Å². The third-order valence-electron chi connectivity index (χ3n) is 17.0. The summed E-state index contributed by atoms with van der Waals surface area (Å²) in [6.45, 7) is 13.8. The Bertz CT molecular complexity index is 1770. The monoisotopic (exact) mass is 1140 g/mol. The van der Waals surface area contributed by atoms with E-state index in [0.717, 1.165) is 54.6 Å². The molecule has 80 heavy (non-hydrogen) atoms. The van der Waals surface area contributed by atoms with Crippen LogP contribution < -0.4 is 0 Å². The Morgan fingerprint density at radius 1 is 0.338 bits per heavy atom. The molecule has 2 aromatic carbocycles. The van der Waals surface area contributed by atoms with Crippen molar-refractivity contribution in [2.45, 2.75) is 380 Å². The smallest absolute Gasteiger partial charge is 0.0654 e. The van der Waals surface area contributed by atoms with Crippen LogP contribution in [0.2, 0.25) is 10.8 Å². The van der Waals surface area contributed by atoms with Gasteiger partial charge in [0, 0.05) is 16.7 Å². The SMILES string of the molecule is CCCCCCCCCCCC=CC1=C(c2cccc(CCCCCC)c2)[N+](=[N-])C(c2cccc(CCCCCC)c2)=C1CCCCCCCC.CCCCCCCCCCCCC[CH2][Ni][CH2]CCCCCCCCCCCCC. The van der Waals surface area contributed by atoms with Crippen LogP contribution in [-0.2, 0) is 27.3 Å². The molecule has 0 fully saturated rings. The first-order chi connectivity index (χ1) is 39.6. The van der Waals surface area contributed by atoms with Crippen LogP contribution in [0.4, 0.5) is 0 Å². The maximum atomic E-state index is 12.3. The number of rotatable bonds is 56. The van der Waals surface area contributed by atoms with E-state index in [2.05, 4.69) is 102 Å². The van der Waals surface area contributed by atoms with E-state index in [4.69, 9.17) is 0 Å². The first kappa shape index (κ1) is 73.9. The fraction of sp³-hybridized carbons (Fsp3) is 0.766. The molecule has 2 aromatic rings. The third-order valence-corrected chi connectivity index (χ3v) is 18.4. The summed E-state index contributed by atoms with van der Waals surface area (Å²) in [5.74, 6) is 0. The molecular formula is C77H134N2Ni. The first-order valence-electron chi connectivity index (χ1n) is 35.8. The van der Waals surface area contributed by atoms with Gasteiger partial charge in [0.25, 0.3) is 0 Å². The summed E-state index contributed by atoms with van der Waals surface area (Å²) in [7, 11) is 0. The van der Waals surface area contributed by atoms with Crippen molar-refractivity contribution < 1.29 is 19.1 Å². The molecule has 0 atom stereocenters. The van der Waals surface area contributed by atoms with E-state index in [-0.39, 0.29) is 0 Å². The van der Waals surface area contributed by atoms with Gasteiger partial charge in [-0.1, -0.05) is 213 Å². The number of unbranched alkanes of at least 4 members (excludes halogenated alkanes) is 42. The van der Waals surface area contributed by atoms with E-state index in [1.54, 1.807) is 4.70 Å². The van der Waals surface area contributed by atoms with E-state index in [0.29, 0.717) is 0 Å². The molecule has 0 amide bonds. The van der Waals surface area contributed by atoms with Crippen molar-refractivity contribution in [1.82, 2.24) is 0 Å². The van der Waals surface area contributed by atoms with Crippen molar-refractivity contribution in [1.29, 1.82) is 0 Å². The van der Waals surface area contributed by atoms with Gasteiger partial charge in [-0.3, -0.25) is 0 Å². The van der Waals surface area contributed by atoms with Crippen LogP contribution in [-0.4, -0.2) is 4.70 Å². The number of aryl methyl sites for hydroxylation is 2. The Kier molecular flexibility index (Phi) is 51.6. The Hall–Kier alpha value is -2.25. The van der Waals surface area contributed by atoms with Crippen molar-refractivity contribution in [3.8, 4) is 0 Å². The Labute approximate surface area is 507 Å². The van der Waals surface area contributed by atoms with Crippen molar-refractivity contribution >= 4 is 11.4 Å². The second-order valence-corrected chi connectivity index (χ2v) is 26.2. The van der Waals surface area contributed by atoms with Gasteiger partial charge in [0.05, 0.1) is 5.57 Å². The molecular weight excluding hydrogens is 1010 g/mol. The molecule has 1 heterocycles. The second kappa shape index (κ2) is 55.9. The van der Waals surface area contributed by atoms with E-state index in [1.807, 2.05) is 14.4 Å². The molecule has 3 heteroatoms. The van der Waals surface area contributed by atoms with Gasteiger partial charge < -0.3 is 5.53 Å².